The van der Waals surface area contributed by atoms with Crippen LogP contribution in [0.5, 0.6) is 0 Å². The molecule has 0 aliphatic heterocycles. The van der Waals surface area contributed by atoms with E-state index in [-0.39, 0.29) is 24.1 Å². The quantitative estimate of drug-likeness (QED) is 0.361. The Morgan fingerprint density at radius 2 is 1.76 bits per heavy atom. The van der Waals surface area contributed by atoms with Crippen molar-refractivity contribution in [1.29, 1.82) is 0 Å². The van der Waals surface area contributed by atoms with Crippen molar-refractivity contribution in [2.45, 2.75) is 19.5 Å². The van der Waals surface area contributed by atoms with Crippen LogP contribution in [0, 0.1) is 6.92 Å². The van der Waals surface area contributed by atoms with Crippen LogP contribution in [0.15, 0.2) is 89.3 Å². The minimum Gasteiger partial charge on any atom is -0.343 e. The van der Waals surface area contributed by atoms with E-state index in [2.05, 4.69) is 10.3 Å². The summed E-state index contributed by atoms with van der Waals surface area (Å²) in [4.78, 5) is 33.7. The van der Waals surface area contributed by atoms with Gasteiger partial charge in [-0.25, -0.2) is 4.98 Å². The van der Waals surface area contributed by atoms with Gasteiger partial charge in [0.25, 0.3) is 5.56 Å². The van der Waals surface area contributed by atoms with Gasteiger partial charge in [-0.2, -0.15) is 0 Å². The number of amides is 1. The average molecular weight is 472 g/mol. The summed E-state index contributed by atoms with van der Waals surface area (Å²) in [5, 5.41) is 5.65. The Bertz CT molecular complexity index is 1460. The molecule has 0 aliphatic rings. The zero-order valence-corrected chi connectivity index (χ0v) is 19.5. The molecule has 7 heteroatoms. The number of fused-ring (bicyclic) bond motifs is 1. The summed E-state index contributed by atoms with van der Waals surface area (Å²) in [5.41, 5.74) is 2.66. The van der Waals surface area contributed by atoms with E-state index in [1.165, 1.54) is 22.2 Å². The van der Waals surface area contributed by atoms with Gasteiger partial charge < -0.3 is 5.32 Å². The molecule has 33 heavy (non-hydrogen) atoms. The van der Waals surface area contributed by atoms with E-state index in [1.54, 1.807) is 11.3 Å². The summed E-state index contributed by atoms with van der Waals surface area (Å²) in [6.07, 6.45) is 1.47. The van der Waals surface area contributed by atoms with Gasteiger partial charge in [-0.15, -0.1) is 22.7 Å². The molecule has 0 unspecified atom stereocenters. The highest BCUT2D eigenvalue weighted by Gasteiger charge is 2.20. The Labute approximate surface area is 199 Å². The van der Waals surface area contributed by atoms with Crippen LogP contribution >= 0.6 is 22.7 Å². The molecule has 1 amide bonds. The molecular weight excluding hydrogens is 450 g/mol. The molecule has 3 aromatic heterocycles. The topological polar surface area (TPSA) is 64.0 Å². The number of carbonyl (C=O) groups excluding carboxylic acids is 1. The van der Waals surface area contributed by atoms with Crippen molar-refractivity contribution in [1.82, 2.24) is 14.9 Å². The summed E-state index contributed by atoms with van der Waals surface area (Å²) in [6.45, 7) is 1.90. The minimum atomic E-state index is -0.269. The zero-order valence-electron chi connectivity index (χ0n) is 17.9. The third-order valence-corrected chi connectivity index (χ3v) is 7.45. The van der Waals surface area contributed by atoms with Crippen molar-refractivity contribution in [3.8, 4) is 11.1 Å². The van der Waals surface area contributed by atoms with Gasteiger partial charge in [-0.1, -0.05) is 66.7 Å². The molecule has 3 heterocycles. The normalized spacial score (nSPS) is 12.0. The van der Waals surface area contributed by atoms with Gasteiger partial charge in [0.1, 0.15) is 11.4 Å². The van der Waals surface area contributed by atoms with Crippen LogP contribution in [-0.2, 0) is 11.3 Å². The van der Waals surface area contributed by atoms with E-state index < -0.39 is 0 Å². The fourth-order valence-corrected chi connectivity index (χ4v) is 5.79. The van der Waals surface area contributed by atoms with Crippen LogP contribution in [0.3, 0.4) is 0 Å². The van der Waals surface area contributed by atoms with Gasteiger partial charge in [0.15, 0.2) is 0 Å². The Kier molecular flexibility index (Phi) is 5.90. The first-order valence-corrected chi connectivity index (χ1v) is 12.2. The van der Waals surface area contributed by atoms with Crippen molar-refractivity contribution >= 4 is 38.8 Å². The number of nitrogens with one attached hydrogen (secondary N) is 1. The molecule has 5 rings (SSSR count). The molecule has 0 saturated heterocycles. The van der Waals surface area contributed by atoms with E-state index in [1.807, 2.05) is 85.1 Å². The van der Waals surface area contributed by atoms with E-state index in [4.69, 9.17) is 0 Å². The van der Waals surface area contributed by atoms with Crippen molar-refractivity contribution in [2.24, 2.45) is 0 Å². The highest BCUT2D eigenvalue weighted by molar-refractivity contribution is 7.19. The third-order valence-electron chi connectivity index (χ3n) is 5.50. The van der Waals surface area contributed by atoms with E-state index in [0.29, 0.717) is 10.2 Å². The number of thiophene rings is 2. The van der Waals surface area contributed by atoms with E-state index >= 15 is 0 Å². The maximum Gasteiger partial charge on any atom is 0.263 e. The van der Waals surface area contributed by atoms with Crippen LogP contribution in [0.25, 0.3) is 21.3 Å². The molecule has 1 N–H and O–H groups in total. The highest BCUT2D eigenvalue weighted by atomic mass is 32.1. The monoisotopic (exact) mass is 471 g/mol. The number of carbonyl (C=O) groups is 1. The summed E-state index contributed by atoms with van der Waals surface area (Å²) < 4.78 is 1.40. The van der Waals surface area contributed by atoms with Gasteiger partial charge in [-0.3, -0.25) is 14.2 Å². The van der Waals surface area contributed by atoms with Gasteiger partial charge >= 0.3 is 0 Å². The summed E-state index contributed by atoms with van der Waals surface area (Å²) in [7, 11) is 0. The number of rotatable bonds is 6. The maximum atomic E-state index is 13.4. The Hall–Kier alpha value is -3.55. The number of aryl methyl sites for hydroxylation is 1. The molecule has 0 radical (unpaired) electrons. The molecule has 2 aromatic carbocycles. The molecule has 5 nitrogen and oxygen atoms in total. The summed E-state index contributed by atoms with van der Waals surface area (Å²) in [6, 6.07) is 23.4. The number of hydrogen-bond donors (Lipinski definition) is 1. The number of nitrogens with zero attached hydrogens (tertiary/aromatic N) is 2. The maximum absolute atomic E-state index is 13.4. The molecule has 0 saturated carbocycles. The number of benzene rings is 2. The number of aromatic nitrogens is 2. The fraction of sp³-hybridized carbons (Fsp3) is 0.115. The van der Waals surface area contributed by atoms with Crippen molar-refractivity contribution in [3.63, 3.8) is 0 Å². The molecule has 0 aliphatic carbocycles. The van der Waals surface area contributed by atoms with Crippen LogP contribution in [0.2, 0.25) is 0 Å². The van der Waals surface area contributed by atoms with Crippen LogP contribution in [0.1, 0.15) is 21.4 Å². The Morgan fingerprint density at radius 3 is 2.45 bits per heavy atom. The average Bonchev–Trinajstić information content (AvgIpc) is 3.48. The van der Waals surface area contributed by atoms with Crippen molar-refractivity contribution < 1.29 is 4.79 Å². The Balaban J connectivity index is 1.47. The van der Waals surface area contributed by atoms with Gasteiger partial charge in [-0.05, 0) is 29.5 Å². The summed E-state index contributed by atoms with van der Waals surface area (Å²) in [5.74, 6) is -0.242. The second-order valence-corrected chi connectivity index (χ2v) is 9.87. The second kappa shape index (κ2) is 9.13. The molecule has 0 fully saturated rings. The van der Waals surface area contributed by atoms with Crippen LogP contribution in [-0.4, -0.2) is 15.5 Å². The van der Waals surface area contributed by atoms with Gasteiger partial charge in [0.05, 0.1) is 17.8 Å². The second-order valence-electron chi connectivity index (χ2n) is 7.68. The lowest BCUT2D eigenvalue weighted by atomic mass is 10.0. The lowest BCUT2D eigenvalue weighted by molar-refractivity contribution is -0.122. The lowest BCUT2D eigenvalue weighted by Gasteiger charge is -2.18. The minimum absolute atomic E-state index is 0.0976. The molecule has 5 aromatic rings. The van der Waals surface area contributed by atoms with Gasteiger partial charge in [0, 0.05) is 15.3 Å². The Morgan fingerprint density at radius 1 is 1.03 bits per heavy atom. The third kappa shape index (κ3) is 4.25. The predicted octanol–water partition coefficient (Wildman–Crippen LogP) is 5.40. The zero-order chi connectivity index (χ0) is 22.8. The van der Waals surface area contributed by atoms with Gasteiger partial charge in [0.2, 0.25) is 5.91 Å². The lowest BCUT2D eigenvalue weighted by Crippen LogP contribution is -2.35. The standard InChI is InChI=1S/C26H21N3O2S2/c1-17-22(18-9-4-2-5-10-18)23-25(33-17)27-16-29(26(23)31)15-21(30)28-24(20-13-8-14-32-20)19-11-6-3-7-12-19/h2-14,16,24H,15H2,1H3,(H,28,30)/t24-/m1/s1. The van der Waals surface area contributed by atoms with Crippen LogP contribution < -0.4 is 10.9 Å². The molecule has 164 valence electrons. The first-order chi connectivity index (χ1) is 16.1. The van der Waals surface area contributed by atoms with E-state index in [9.17, 15) is 9.59 Å². The SMILES string of the molecule is Cc1sc2ncn(CC(=O)N[C@H](c3ccccc3)c3cccs3)c(=O)c2c1-c1ccccc1. The first-order valence-electron chi connectivity index (χ1n) is 10.5. The largest absolute Gasteiger partial charge is 0.343 e. The fourth-order valence-electron chi connectivity index (χ4n) is 3.98. The number of hydrogen-bond acceptors (Lipinski definition) is 5. The van der Waals surface area contributed by atoms with E-state index in [0.717, 1.165) is 26.4 Å². The molecular formula is C26H21N3O2S2. The van der Waals surface area contributed by atoms with Crippen LogP contribution in [0.4, 0.5) is 0 Å². The molecule has 0 spiro atoms. The van der Waals surface area contributed by atoms with Crippen molar-refractivity contribution in [2.75, 3.05) is 0 Å². The molecule has 1 atom stereocenters. The highest BCUT2D eigenvalue weighted by Crippen LogP contribution is 2.35. The predicted molar refractivity (Wildman–Crippen MR) is 135 cm³/mol. The smallest absolute Gasteiger partial charge is 0.263 e. The first kappa shape index (κ1) is 21.3. The van der Waals surface area contributed by atoms with Crippen molar-refractivity contribution in [3.05, 3.63) is 110 Å². The summed E-state index contributed by atoms with van der Waals surface area (Å²) >= 11 is 3.09. The molecule has 0 bridgehead atoms.